The minimum absolute atomic E-state index is 0.325. The van der Waals surface area contributed by atoms with Gasteiger partial charge in [0.05, 0.1) is 12.2 Å². The summed E-state index contributed by atoms with van der Waals surface area (Å²) in [5.74, 6) is -0.878. The van der Waals surface area contributed by atoms with Gasteiger partial charge in [0.1, 0.15) is 0 Å². The maximum Gasteiger partial charge on any atom is 0.312 e. The molecule has 1 aliphatic heterocycles. The van der Waals surface area contributed by atoms with Gasteiger partial charge in [0.25, 0.3) is 0 Å². The Kier molecular flexibility index (Phi) is 4.37. The van der Waals surface area contributed by atoms with Crippen LogP contribution in [0.15, 0.2) is 18.3 Å². The first kappa shape index (κ1) is 13.8. The van der Waals surface area contributed by atoms with Gasteiger partial charge in [0, 0.05) is 30.9 Å². The first-order valence-electron chi connectivity index (χ1n) is 6.30. The highest BCUT2D eigenvalue weighted by Gasteiger charge is 2.31. The molecule has 0 unspecified atom stereocenters. The number of carbonyl (C=O) groups is 2. The normalized spacial score (nSPS) is 16.1. The number of pyridine rings is 1. The third-order valence-electron chi connectivity index (χ3n) is 3.02. The standard InChI is InChI=1S/C13H16ClN3O2/c1-2-5-16-6-7-17(13(19)12(16)18)9-11-8-10(14)3-4-15-11/h3-4,8H,2,5-7,9H2,1H3. The van der Waals surface area contributed by atoms with E-state index in [2.05, 4.69) is 4.98 Å². The fourth-order valence-corrected chi connectivity index (χ4v) is 2.26. The monoisotopic (exact) mass is 281 g/mol. The zero-order valence-electron chi connectivity index (χ0n) is 10.8. The van der Waals surface area contributed by atoms with Crippen LogP contribution in [0.1, 0.15) is 19.0 Å². The molecule has 1 aromatic heterocycles. The number of hydrogen-bond acceptors (Lipinski definition) is 3. The summed E-state index contributed by atoms with van der Waals surface area (Å²) in [5.41, 5.74) is 0.692. The van der Waals surface area contributed by atoms with Crippen molar-refractivity contribution in [2.75, 3.05) is 19.6 Å². The van der Waals surface area contributed by atoms with E-state index in [9.17, 15) is 9.59 Å². The number of piperazine rings is 1. The Balaban J connectivity index is 2.03. The van der Waals surface area contributed by atoms with Crippen molar-refractivity contribution in [1.82, 2.24) is 14.8 Å². The van der Waals surface area contributed by atoms with Gasteiger partial charge in [0.15, 0.2) is 0 Å². The molecule has 1 aliphatic rings. The van der Waals surface area contributed by atoms with Crippen LogP contribution >= 0.6 is 11.6 Å². The third-order valence-corrected chi connectivity index (χ3v) is 3.26. The van der Waals surface area contributed by atoms with E-state index in [-0.39, 0.29) is 0 Å². The van der Waals surface area contributed by atoms with Crippen LogP contribution < -0.4 is 0 Å². The summed E-state index contributed by atoms with van der Waals surface area (Å²) >= 11 is 5.87. The molecule has 19 heavy (non-hydrogen) atoms. The minimum atomic E-state index is -0.457. The summed E-state index contributed by atoms with van der Waals surface area (Å²) in [6, 6.07) is 3.38. The lowest BCUT2D eigenvalue weighted by Gasteiger charge is -2.33. The first-order valence-corrected chi connectivity index (χ1v) is 6.68. The van der Waals surface area contributed by atoms with Gasteiger partial charge >= 0.3 is 11.8 Å². The Morgan fingerprint density at radius 3 is 2.63 bits per heavy atom. The van der Waals surface area contributed by atoms with Crippen molar-refractivity contribution in [2.45, 2.75) is 19.9 Å². The molecule has 2 rings (SSSR count). The van der Waals surface area contributed by atoms with E-state index in [1.807, 2.05) is 6.92 Å². The first-order chi connectivity index (χ1) is 9.11. The zero-order valence-corrected chi connectivity index (χ0v) is 11.6. The second-order valence-corrected chi connectivity index (χ2v) is 4.92. The minimum Gasteiger partial charge on any atom is -0.333 e. The maximum atomic E-state index is 12.0. The lowest BCUT2D eigenvalue weighted by molar-refractivity contribution is -0.156. The van der Waals surface area contributed by atoms with Crippen molar-refractivity contribution in [3.05, 3.63) is 29.0 Å². The molecule has 1 aromatic rings. The van der Waals surface area contributed by atoms with Crippen molar-refractivity contribution in [2.24, 2.45) is 0 Å². The van der Waals surface area contributed by atoms with Gasteiger partial charge < -0.3 is 9.80 Å². The highest BCUT2D eigenvalue weighted by molar-refractivity contribution is 6.35. The van der Waals surface area contributed by atoms with Crippen LogP contribution in [-0.2, 0) is 16.1 Å². The Hall–Kier alpha value is -1.62. The van der Waals surface area contributed by atoms with E-state index in [0.717, 1.165) is 6.42 Å². The SMILES string of the molecule is CCCN1CCN(Cc2cc(Cl)ccn2)C(=O)C1=O. The van der Waals surface area contributed by atoms with E-state index in [1.165, 1.54) is 4.90 Å². The second kappa shape index (κ2) is 6.02. The predicted octanol–water partition coefficient (Wildman–Crippen LogP) is 1.32. The molecular weight excluding hydrogens is 266 g/mol. The van der Waals surface area contributed by atoms with Gasteiger partial charge in [0.2, 0.25) is 0 Å². The Labute approximate surface area is 117 Å². The quantitative estimate of drug-likeness (QED) is 0.782. The molecule has 1 saturated heterocycles. The van der Waals surface area contributed by atoms with Gasteiger partial charge in [-0.05, 0) is 18.6 Å². The molecule has 0 saturated carbocycles. The second-order valence-electron chi connectivity index (χ2n) is 4.48. The lowest BCUT2D eigenvalue weighted by atomic mass is 10.2. The maximum absolute atomic E-state index is 12.0. The van der Waals surface area contributed by atoms with E-state index in [4.69, 9.17) is 11.6 Å². The van der Waals surface area contributed by atoms with E-state index in [1.54, 1.807) is 23.2 Å². The summed E-state index contributed by atoms with van der Waals surface area (Å²) in [7, 11) is 0. The molecule has 0 aromatic carbocycles. The van der Waals surface area contributed by atoms with Crippen molar-refractivity contribution in [3.8, 4) is 0 Å². The Morgan fingerprint density at radius 1 is 1.26 bits per heavy atom. The smallest absolute Gasteiger partial charge is 0.312 e. The molecule has 5 nitrogen and oxygen atoms in total. The summed E-state index contributed by atoms with van der Waals surface area (Å²) < 4.78 is 0. The molecule has 1 fully saturated rings. The number of aromatic nitrogens is 1. The number of nitrogens with zero attached hydrogens (tertiary/aromatic N) is 3. The summed E-state index contributed by atoms with van der Waals surface area (Å²) in [6.07, 6.45) is 2.45. The zero-order chi connectivity index (χ0) is 13.8. The van der Waals surface area contributed by atoms with E-state index in [0.29, 0.717) is 36.9 Å². The summed E-state index contributed by atoms with van der Waals surface area (Å²) in [6.45, 7) is 4.07. The average molecular weight is 282 g/mol. The van der Waals surface area contributed by atoms with Crippen LogP contribution in [0.5, 0.6) is 0 Å². The van der Waals surface area contributed by atoms with Gasteiger partial charge in [-0.2, -0.15) is 0 Å². The molecule has 0 aliphatic carbocycles. The Morgan fingerprint density at radius 2 is 1.95 bits per heavy atom. The van der Waals surface area contributed by atoms with Crippen molar-refractivity contribution in [1.29, 1.82) is 0 Å². The molecule has 6 heteroatoms. The van der Waals surface area contributed by atoms with Crippen LogP contribution in [0.4, 0.5) is 0 Å². The van der Waals surface area contributed by atoms with Crippen LogP contribution in [0.3, 0.4) is 0 Å². The molecule has 0 atom stereocenters. The molecule has 102 valence electrons. The lowest BCUT2D eigenvalue weighted by Crippen LogP contribution is -2.54. The van der Waals surface area contributed by atoms with Crippen LogP contribution in [0.25, 0.3) is 0 Å². The van der Waals surface area contributed by atoms with Crippen LogP contribution in [0.2, 0.25) is 5.02 Å². The summed E-state index contributed by atoms with van der Waals surface area (Å²) in [5, 5.41) is 0.577. The summed E-state index contributed by atoms with van der Waals surface area (Å²) in [4.78, 5) is 31.1. The fraction of sp³-hybridized carbons (Fsp3) is 0.462. The highest BCUT2D eigenvalue weighted by atomic mass is 35.5. The van der Waals surface area contributed by atoms with Gasteiger partial charge in [-0.15, -0.1) is 0 Å². The third kappa shape index (κ3) is 3.23. The number of halogens is 1. The fourth-order valence-electron chi connectivity index (χ4n) is 2.08. The number of rotatable bonds is 4. The number of amides is 2. The molecule has 0 bridgehead atoms. The van der Waals surface area contributed by atoms with Crippen LogP contribution in [0, 0.1) is 0 Å². The predicted molar refractivity (Wildman–Crippen MR) is 71.5 cm³/mol. The van der Waals surface area contributed by atoms with E-state index >= 15 is 0 Å². The molecule has 0 radical (unpaired) electrons. The average Bonchev–Trinajstić information content (AvgIpc) is 2.39. The van der Waals surface area contributed by atoms with Crippen molar-refractivity contribution < 1.29 is 9.59 Å². The largest absolute Gasteiger partial charge is 0.333 e. The number of carbonyl (C=O) groups excluding carboxylic acids is 2. The van der Waals surface area contributed by atoms with Crippen molar-refractivity contribution >= 4 is 23.4 Å². The topological polar surface area (TPSA) is 53.5 Å². The van der Waals surface area contributed by atoms with E-state index < -0.39 is 11.8 Å². The molecule has 0 N–H and O–H groups in total. The van der Waals surface area contributed by atoms with Gasteiger partial charge in [-0.1, -0.05) is 18.5 Å². The van der Waals surface area contributed by atoms with Crippen molar-refractivity contribution in [3.63, 3.8) is 0 Å². The molecular formula is C13H16ClN3O2. The molecule has 0 spiro atoms. The molecule has 2 amide bonds. The Bertz CT molecular complexity index is 493. The van der Waals surface area contributed by atoms with Gasteiger partial charge in [-0.3, -0.25) is 14.6 Å². The van der Waals surface area contributed by atoms with Gasteiger partial charge in [-0.25, -0.2) is 0 Å². The highest BCUT2D eigenvalue weighted by Crippen LogP contribution is 2.13. The molecule has 2 heterocycles. The van der Waals surface area contributed by atoms with Crippen LogP contribution in [-0.4, -0.2) is 46.2 Å². The number of hydrogen-bond donors (Lipinski definition) is 0.